The van der Waals surface area contributed by atoms with Crippen LogP contribution in [-0.4, -0.2) is 46.9 Å². The van der Waals surface area contributed by atoms with Gasteiger partial charge in [0.1, 0.15) is 11.5 Å². The van der Waals surface area contributed by atoms with Crippen molar-refractivity contribution in [2.45, 2.75) is 31.3 Å². The molecule has 0 fully saturated rings. The molecule has 0 unspecified atom stereocenters. The quantitative estimate of drug-likeness (QED) is 0.175. The fraction of sp³-hybridized carbons (Fsp3) is 0.241. The van der Waals surface area contributed by atoms with Crippen LogP contribution < -0.4 is 14.9 Å². The second-order valence-electron chi connectivity index (χ2n) is 9.52. The first-order chi connectivity index (χ1) is 18.3. The predicted octanol–water partition coefficient (Wildman–Crippen LogP) is 5.49. The molecule has 0 atom stereocenters. The molecule has 0 bridgehead atoms. The lowest BCUT2D eigenvalue weighted by molar-refractivity contribution is -0.118. The molecule has 3 aromatic carbocycles. The van der Waals surface area contributed by atoms with Crippen LogP contribution >= 0.6 is 11.8 Å². The summed E-state index contributed by atoms with van der Waals surface area (Å²) in [6, 6.07) is 23.3. The van der Waals surface area contributed by atoms with Gasteiger partial charge in [0.25, 0.3) is 5.91 Å². The molecule has 4 aromatic rings. The molecular formula is C29H31N5O3S. The zero-order chi connectivity index (χ0) is 27.1. The first-order valence-electron chi connectivity index (χ1n) is 12.1. The van der Waals surface area contributed by atoms with Crippen LogP contribution in [0.25, 0.3) is 17.1 Å². The Kier molecular flexibility index (Phi) is 8.48. The Morgan fingerprint density at radius 3 is 2.11 bits per heavy atom. The van der Waals surface area contributed by atoms with Crippen molar-refractivity contribution >= 4 is 23.9 Å². The van der Waals surface area contributed by atoms with Gasteiger partial charge in [0.05, 0.1) is 26.2 Å². The van der Waals surface area contributed by atoms with Gasteiger partial charge in [-0.25, -0.2) is 5.43 Å². The molecule has 9 heteroatoms. The topological polar surface area (TPSA) is 90.6 Å². The van der Waals surface area contributed by atoms with Crippen molar-refractivity contribution in [2.24, 2.45) is 5.10 Å². The minimum atomic E-state index is -0.243. The van der Waals surface area contributed by atoms with Crippen LogP contribution in [0.15, 0.2) is 83.1 Å². The van der Waals surface area contributed by atoms with E-state index in [9.17, 15) is 4.79 Å². The van der Waals surface area contributed by atoms with Gasteiger partial charge in [-0.3, -0.25) is 9.36 Å². The molecule has 1 aromatic heterocycles. The lowest BCUT2D eigenvalue weighted by Gasteiger charge is -2.18. The normalized spacial score (nSPS) is 11.5. The van der Waals surface area contributed by atoms with Crippen molar-refractivity contribution in [3.63, 3.8) is 0 Å². The summed E-state index contributed by atoms with van der Waals surface area (Å²) < 4.78 is 12.5. The van der Waals surface area contributed by atoms with Crippen LogP contribution in [0.5, 0.6) is 11.5 Å². The Labute approximate surface area is 227 Å². The Bertz CT molecular complexity index is 1390. The number of nitrogens with one attached hydrogen (secondary N) is 1. The standard InChI is InChI=1S/C29H31N5O3S/c1-29(2,3)22-10-6-20(7-11-22)18-30-31-26(35)19-38-28-33-32-27(21-8-14-24(36-4)15-9-21)34(28)23-12-16-25(37-5)17-13-23/h6-18H,19H2,1-5H3,(H,31,35). The van der Waals surface area contributed by atoms with Gasteiger partial charge in [0.2, 0.25) is 0 Å². The van der Waals surface area contributed by atoms with Gasteiger partial charge in [0.15, 0.2) is 11.0 Å². The monoisotopic (exact) mass is 529 g/mol. The lowest BCUT2D eigenvalue weighted by atomic mass is 9.87. The van der Waals surface area contributed by atoms with E-state index < -0.39 is 0 Å². The van der Waals surface area contributed by atoms with Gasteiger partial charge >= 0.3 is 0 Å². The van der Waals surface area contributed by atoms with Crippen LogP contribution in [0.2, 0.25) is 0 Å². The fourth-order valence-electron chi connectivity index (χ4n) is 3.66. The molecule has 1 heterocycles. The van der Waals surface area contributed by atoms with E-state index in [0.717, 1.165) is 28.3 Å². The number of ether oxygens (including phenoxy) is 2. The number of aromatic nitrogens is 3. The summed E-state index contributed by atoms with van der Waals surface area (Å²) >= 11 is 1.28. The van der Waals surface area contributed by atoms with Crippen molar-refractivity contribution in [1.82, 2.24) is 20.2 Å². The van der Waals surface area contributed by atoms with Crippen LogP contribution in [0.3, 0.4) is 0 Å². The highest BCUT2D eigenvalue weighted by Gasteiger charge is 2.18. The number of amides is 1. The average molecular weight is 530 g/mol. The van der Waals surface area contributed by atoms with Crippen molar-refractivity contribution in [2.75, 3.05) is 20.0 Å². The summed E-state index contributed by atoms with van der Waals surface area (Å²) in [7, 11) is 3.25. The molecule has 0 saturated carbocycles. The molecule has 0 aliphatic carbocycles. The fourth-order valence-corrected chi connectivity index (χ4v) is 4.41. The maximum absolute atomic E-state index is 12.5. The Morgan fingerprint density at radius 1 is 0.921 bits per heavy atom. The van der Waals surface area contributed by atoms with Gasteiger partial charge in [-0.1, -0.05) is 56.8 Å². The van der Waals surface area contributed by atoms with Gasteiger partial charge in [-0.2, -0.15) is 5.10 Å². The number of hydrazone groups is 1. The molecule has 0 aliphatic rings. The highest BCUT2D eigenvalue weighted by molar-refractivity contribution is 7.99. The van der Waals surface area contributed by atoms with E-state index in [1.165, 1.54) is 17.3 Å². The zero-order valence-corrected chi connectivity index (χ0v) is 23.0. The maximum Gasteiger partial charge on any atom is 0.250 e. The molecule has 4 rings (SSSR count). The smallest absolute Gasteiger partial charge is 0.250 e. The summed E-state index contributed by atoms with van der Waals surface area (Å²) in [5, 5.41) is 13.5. The summed E-state index contributed by atoms with van der Waals surface area (Å²) in [5.41, 5.74) is 6.55. The molecule has 196 valence electrons. The third-order valence-corrected chi connectivity index (χ3v) is 6.75. The van der Waals surface area contributed by atoms with Crippen LogP contribution in [0.4, 0.5) is 0 Å². The van der Waals surface area contributed by atoms with E-state index in [1.807, 2.05) is 65.2 Å². The molecule has 0 saturated heterocycles. The number of hydrogen-bond donors (Lipinski definition) is 1. The number of rotatable bonds is 9. The molecule has 0 aliphatic heterocycles. The molecule has 0 radical (unpaired) electrons. The number of nitrogens with zero attached hydrogens (tertiary/aromatic N) is 4. The van der Waals surface area contributed by atoms with Crippen LogP contribution in [0.1, 0.15) is 31.9 Å². The van der Waals surface area contributed by atoms with E-state index in [4.69, 9.17) is 9.47 Å². The third kappa shape index (κ3) is 6.60. The van der Waals surface area contributed by atoms with Crippen molar-refractivity contribution in [1.29, 1.82) is 0 Å². The van der Waals surface area contributed by atoms with Crippen molar-refractivity contribution in [3.8, 4) is 28.6 Å². The summed E-state index contributed by atoms with van der Waals surface area (Å²) in [5.74, 6) is 2.02. The lowest BCUT2D eigenvalue weighted by Crippen LogP contribution is -2.20. The number of methoxy groups -OCH3 is 2. The number of hydrogen-bond acceptors (Lipinski definition) is 7. The largest absolute Gasteiger partial charge is 0.497 e. The second kappa shape index (κ2) is 12.0. The first kappa shape index (κ1) is 26.9. The van der Waals surface area contributed by atoms with Crippen LogP contribution in [0, 0.1) is 0 Å². The van der Waals surface area contributed by atoms with Gasteiger partial charge < -0.3 is 9.47 Å². The van der Waals surface area contributed by atoms with Gasteiger partial charge in [-0.05, 0) is 65.1 Å². The van der Waals surface area contributed by atoms with Gasteiger partial charge in [-0.15, -0.1) is 10.2 Å². The second-order valence-corrected chi connectivity index (χ2v) is 10.5. The zero-order valence-electron chi connectivity index (χ0n) is 22.1. The van der Waals surface area contributed by atoms with Crippen molar-refractivity contribution in [3.05, 3.63) is 83.9 Å². The predicted molar refractivity (Wildman–Crippen MR) is 152 cm³/mol. The number of carbonyl (C=O) groups is 1. The highest BCUT2D eigenvalue weighted by atomic mass is 32.2. The summed E-state index contributed by atoms with van der Waals surface area (Å²) in [6.07, 6.45) is 1.64. The molecular weight excluding hydrogens is 498 g/mol. The van der Waals surface area contributed by atoms with E-state index >= 15 is 0 Å². The molecule has 8 nitrogen and oxygen atoms in total. The van der Waals surface area contributed by atoms with E-state index in [1.54, 1.807) is 20.4 Å². The Hall–Kier alpha value is -4.11. The third-order valence-electron chi connectivity index (χ3n) is 5.82. The summed E-state index contributed by atoms with van der Waals surface area (Å²) in [6.45, 7) is 6.51. The minimum absolute atomic E-state index is 0.0841. The number of thioether (sulfide) groups is 1. The van der Waals surface area contributed by atoms with Gasteiger partial charge in [0, 0.05) is 11.3 Å². The van der Waals surface area contributed by atoms with E-state index in [0.29, 0.717) is 11.0 Å². The van der Waals surface area contributed by atoms with E-state index in [2.05, 4.69) is 53.6 Å². The molecule has 1 amide bonds. The van der Waals surface area contributed by atoms with E-state index in [-0.39, 0.29) is 17.1 Å². The minimum Gasteiger partial charge on any atom is -0.497 e. The Morgan fingerprint density at radius 2 is 1.53 bits per heavy atom. The first-order valence-corrected chi connectivity index (χ1v) is 13.1. The number of carbonyl (C=O) groups excluding carboxylic acids is 1. The van der Waals surface area contributed by atoms with Crippen molar-refractivity contribution < 1.29 is 14.3 Å². The molecule has 0 spiro atoms. The Balaban J connectivity index is 1.48. The summed E-state index contributed by atoms with van der Waals surface area (Å²) in [4.78, 5) is 12.5. The SMILES string of the molecule is COc1ccc(-c2nnc(SCC(=O)NN=Cc3ccc(C(C)(C)C)cc3)n2-c2ccc(OC)cc2)cc1. The van der Waals surface area contributed by atoms with Crippen LogP contribution in [-0.2, 0) is 10.2 Å². The number of benzene rings is 3. The highest BCUT2D eigenvalue weighted by Crippen LogP contribution is 2.30. The molecule has 38 heavy (non-hydrogen) atoms. The maximum atomic E-state index is 12.5. The average Bonchev–Trinajstić information content (AvgIpc) is 3.35. The molecule has 1 N–H and O–H groups in total.